The van der Waals surface area contributed by atoms with Gasteiger partial charge in [-0.15, -0.1) is 0 Å². The van der Waals surface area contributed by atoms with Gasteiger partial charge in [-0.2, -0.15) is 9.71 Å². The van der Waals surface area contributed by atoms with E-state index in [4.69, 9.17) is 9.26 Å². The lowest BCUT2D eigenvalue weighted by Gasteiger charge is -2.19. The number of nitrogens with zero attached hydrogens (tertiary/aromatic N) is 2. The molecule has 0 aliphatic rings. The van der Waals surface area contributed by atoms with Crippen LogP contribution in [0, 0.1) is 5.82 Å². The van der Waals surface area contributed by atoms with Crippen LogP contribution in [0.15, 0.2) is 106 Å². The van der Waals surface area contributed by atoms with Crippen LogP contribution < -0.4 is 10.0 Å². The number of carboxylic acid groups (broad SMARTS) is 1. The van der Waals surface area contributed by atoms with Crippen molar-refractivity contribution >= 4 is 27.8 Å². The minimum absolute atomic E-state index is 0.00192. The van der Waals surface area contributed by atoms with Crippen molar-refractivity contribution in [1.29, 1.82) is 0 Å². The van der Waals surface area contributed by atoms with Crippen LogP contribution in [0.5, 0.6) is 0 Å². The van der Waals surface area contributed by atoms with Crippen LogP contribution in [-0.4, -0.2) is 47.4 Å². The minimum atomic E-state index is -4.21. The summed E-state index contributed by atoms with van der Waals surface area (Å²) < 4.78 is 54.0. The fourth-order valence-corrected chi connectivity index (χ4v) is 5.75. The van der Waals surface area contributed by atoms with Crippen molar-refractivity contribution in [2.75, 3.05) is 5.32 Å². The molecule has 0 aliphatic heterocycles. The molecule has 5 rings (SSSR count). The van der Waals surface area contributed by atoms with Crippen molar-refractivity contribution in [1.82, 2.24) is 14.9 Å². The van der Waals surface area contributed by atoms with Gasteiger partial charge in [-0.1, -0.05) is 53.7 Å². The lowest BCUT2D eigenvalue weighted by molar-refractivity contribution is -0.138. The van der Waals surface area contributed by atoms with Crippen molar-refractivity contribution < 1.29 is 36.8 Å². The van der Waals surface area contributed by atoms with E-state index in [1.807, 2.05) is 30.3 Å². The fraction of sp³-hybridized carbons (Fsp3) is 0.176. The summed E-state index contributed by atoms with van der Waals surface area (Å²) in [5, 5.41) is 16.3. The van der Waals surface area contributed by atoms with Gasteiger partial charge >= 0.3 is 12.1 Å². The zero-order valence-corrected chi connectivity index (χ0v) is 26.4. The van der Waals surface area contributed by atoms with E-state index in [1.165, 1.54) is 24.3 Å². The molecule has 0 fully saturated rings. The number of ether oxygens (including phenoxy) is 1. The van der Waals surface area contributed by atoms with E-state index in [2.05, 4.69) is 20.2 Å². The average molecular weight is 659 g/mol. The fourth-order valence-electron chi connectivity index (χ4n) is 4.56. The molecular formula is C34H31FN4O7S. The number of benzene rings is 4. The summed E-state index contributed by atoms with van der Waals surface area (Å²) in [5.41, 5.74) is 2.28. The number of carbonyl (C=O) groups excluding carboxylic acids is 1. The highest BCUT2D eigenvalue weighted by molar-refractivity contribution is 7.89. The number of rotatable bonds is 10. The largest absolute Gasteiger partial charge is 0.480 e. The summed E-state index contributed by atoms with van der Waals surface area (Å²) in [6.07, 6.45) is -0.931. The molecule has 0 saturated heterocycles. The van der Waals surface area contributed by atoms with Crippen LogP contribution in [-0.2, 0) is 26.0 Å². The maximum Gasteiger partial charge on any atom is 0.412 e. The zero-order chi connectivity index (χ0) is 33.8. The van der Waals surface area contributed by atoms with Crippen LogP contribution in [0.2, 0.25) is 0 Å². The molecule has 1 atom stereocenters. The van der Waals surface area contributed by atoms with Crippen LogP contribution in [0.3, 0.4) is 0 Å². The number of aliphatic carboxylic acids is 1. The molecular weight excluding hydrogens is 627 g/mol. The molecule has 0 saturated carbocycles. The summed E-state index contributed by atoms with van der Waals surface area (Å²) in [4.78, 5) is 28.2. The van der Waals surface area contributed by atoms with E-state index in [9.17, 15) is 23.1 Å². The standard InChI is InChI=1S/C34H31FN4O7S/c1-34(2,3)45-33(42)36-25-14-10-24(11-15-25)31-37-30(38-46-31)27-18-9-21(19-28(27)35)20-29(32(40)41)39-47(43,44)26-16-12-23(13-17-26)22-7-5-4-6-8-22/h4-19,29,39H,20H2,1-3H3,(H,36,42)(H,40,41)/t29-/m1/s1. The zero-order valence-electron chi connectivity index (χ0n) is 25.6. The smallest absolute Gasteiger partial charge is 0.412 e. The first-order valence-corrected chi connectivity index (χ1v) is 15.9. The third-order valence-corrected chi connectivity index (χ3v) is 8.27. The first kappa shape index (κ1) is 33.0. The number of hydrogen-bond donors (Lipinski definition) is 3. The van der Waals surface area contributed by atoms with E-state index in [0.29, 0.717) is 11.3 Å². The van der Waals surface area contributed by atoms with Crippen LogP contribution in [0.25, 0.3) is 34.0 Å². The van der Waals surface area contributed by atoms with Gasteiger partial charge in [-0.05, 0) is 92.4 Å². The first-order valence-electron chi connectivity index (χ1n) is 14.4. The summed E-state index contributed by atoms with van der Waals surface area (Å²) in [6, 6.07) is 24.3. The molecule has 3 N–H and O–H groups in total. The van der Waals surface area contributed by atoms with Crippen molar-refractivity contribution in [2.24, 2.45) is 0 Å². The Bertz CT molecular complexity index is 1990. The SMILES string of the molecule is CC(C)(C)OC(=O)Nc1ccc(-c2nc(-c3ccc(C[C@@H](NS(=O)(=O)c4ccc(-c5ccccc5)cc4)C(=O)O)cc3F)no2)cc1. The van der Waals surface area contributed by atoms with Crippen molar-refractivity contribution in [3.8, 4) is 34.0 Å². The Morgan fingerprint density at radius 2 is 1.55 bits per heavy atom. The number of anilines is 1. The summed E-state index contributed by atoms with van der Waals surface area (Å²) >= 11 is 0. The maximum absolute atomic E-state index is 15.2. The molecule has 13 heteroatoms. The molecule has 5 aromatic rings. The Morgan fingerprint density at radius 1 is 0.915 bits per heavy atom. The number of carbonyl (C=O) groups is 2. The van der Waals surface area contributed by atoms with Gasteiger partial charge in [-0.3, -0.25) is 10.1 Å². The Hall–Kier alpha value is -5.40. The first-order chi connectivity index (χ1) is 22.3. The van der Waals surface area contributed by atoms with Gasteiger partial charge < -0.3 is 14.4 Å². The molecule has 0 unspecified atom stereocenters. The molecule has 1 amide bonds. The lowest BCUT2D eigenvalue weighted by atomic mass is 10.0. The second kappa shape index (κ2) is 13.5. The summed E-state index contributed by atoms with van der Waals surface area (Å²) in [5.74, 6) is -2.12. The minimum Gasteiger partial charge on any atom is -0.480 e. The number of halogens is 1. The topological polar surface area (TPSA) is 161 Å². The van der Waals surface area contributed by atoms with E-state index < -0.39 is 39.5 Å². The predicted molar refractivity (Wildman–Crippen MR) is 172 cm³/mol. The molecule has 242 valence electrons. The second-order valence-electron chi connectivity index (χ2n) is 11.5. The molecule has 4 aromatic carbocycles. The Labute approximate surface area is 270 Å². The number of nitrogens with one attached hydrogen (secondary N) is 2. The van der Waals surface area contributed by atoms with Crippen LogP contribution in [0.1, 0.15) is 26.3 Å². The number of carboxylic acids is 1. The van der Waals surface area contributed by atoms with Gasteiger partial charge in [-0.25, -0.2) is 17.6 Å². The van der Waals surface area contributed by atoms with Gasteiger partial charge in [0.2, 0.25) is 15.8 Å². The van der Waals surface area contributed by atoms with Gasteiger partial charge in [0.15, 0.2) is 0 Å². The van der Waals surface area contributed by atoms with Gasteiger partial charge in [0.1, 0.15) is 17.5 Å². The van der Waals surface area contributed by atoms with Crippen molar-refractivity contribution in [2.45, 2.75) is 43.7 Å². The van der Waals surface area contributed by atoms with E-state index in [1.54, 1.807) is 57.2 Å². The van der Waals surface area contributed by atoms with Crippen LogP contribution in [0.4, 0.5) is 14.9 Å². The Morgan fingerprint density at radius 3 is 2.17 bits per heavy atom. The molecule has 11 nitrogen and oxygen atoms in total. The predicted octanol–water partition coefficient (Wildman–Crippen LogP) is 6.53. The second-order valence-corrected chi connectivity index (χ2v) is 13.3. The highest BCUT2D eigenvalue weighted by Crippen LogP contribution is 2.27. The molecule has 0 aliphatic carbocycles. The molecule has 0 bridgehead atoms. The van der Waals surface area contributed by atoms with Gasteiger partial charge in [0.25, 0.3) is 5.89 Å². The van der Waals surface area contributed by atoms with E-state index in [-0.39, 0.29) is 34.2 Å². The molecule has 0 spiro atoms. The molecule has 1 aromatic heterocycles. The molecule has 47 heavy (non-hydrogen) atoms. The monoisotopic (exact) mass is 658 g/mol. The van der Waals surface area contributed by atoms with Gasteiger partial charge in [0.05, 0.1) is 10.5 Å². The highest BCUT2D eigenvalue weighted by atomic mass is 32.2. The van der Waals surface area contributed by atoms with Gasteiger partial charge in [0, 0.05) is 11.3 Å². The number of aromatic nitrogens is 2. The van der Waals surface area contributed by atoms with Crippen LogP contribution >= 0.6 is 0 Å². The number of amides is 1. The molecule has 1 heterocycles. The summed E-state index contributed by atoms with van der Waals surface area (Å²) in [6.45, 7) is 5.26. The summed E-state index contributed by atoms with van der Waals surface area (Å²) in [7, 11) is -4.21. The van der Waals surface area contributed by atoms with Crippen molar-refractivity contribution in [3.63, 3.8) is 0 Å². The third kappa shape index (κ3) is 8.45. The lowest BCUT2D eigenvalue weighted by Crippen LogP contribution is -2.42. The Kier molecular flexibility index (Phi) is 9.49. The number of hydrogen-bond acceptors (Lipinski definition) is 8. The third-order valence-electron chi connectivity index (χ3n) is 6.78. The Balaban J connectivity index is 1.25. The average Bonchev–Trinajstić information content (AvgIpc) is 3.51. The molecule has 0 radical (unpaired) electrons. The van der Waals surface area contributed by atoms with Crippen molar-refractivity contribution in [3.05, 3.63) is 108 Å². The van der Waals surface area contributed by atoms with E-state index in [0.717, 1.165) is 17.2 Å². The van der Waals surface area contributed by atoms with E-state index >= 15 is 4.39 Å². The number of sulfonamides is 1. The normalized spacial score (nSPS) is 12.3. The highest BCUT2D eigenvalue weighted by Gasteiger charge is 2.26. The quantitative estimate of drug-likeness (QED) is 0.152. The maximum atomic E-state index is 15.2.